The summed E-state index contributed by atoms with van der Waals surface area (Å²) in [7, 11) is 0. The summed E-state index contributed by atoms with van der Waals surface area (Å²) in [4.78, 5) is 23.8. The fourth-order valence-corrected chi connectivity index (χ4v) is 2.79. The summed E-state index contributed by atoms with van der Waals surface area (Å²) in [6.45, 7) is 4.32. The van der Waals surface area contributed by atoms with Crippen LogP contribution in [0.4, 0.5) is 4.39 Å². The van der Waals surface area contributed by atoms with Gasteiger partial charge in [-0.25, -0.2) is 4.39 Å². The van der Waals surface area contributed by atoms with Gasteiger partial charge >= 0.3 is 0 Å². The van der Waals surface area contributed by atoms with E-state index in [1.165, 1.54) is 6.07 Å². The normalized spacial score (nSPS) is 19.7. The van der Waals surface area contributed by atoms with Crippen molar-refractivity contribution in [1.82, 2.24) is 10.6 Å². The fraction of sp³-hybridized carbons (Fsp3) is 0.500. The van der Waals surface area contributed by atoms with Crippen LogP contribution in [0.5, 0.6) is 0 Å². The predicted molar refractivity (Wildman–Crippen MR) is 82.9 cm³/mol. The third-order valence-electron chi connectivity index (χ3n) is 3.88. The third kappa shape index (κ3) is 3.97. The van der Waals surface area contributed by atoms with Gasteiger partial charge in [-0.3, -0.25) is 9.59 Å². The summed E-state index contributed by atoms with van der Waals surface area (Å²) in [5.74, 6) is -1.11. The molecule has 1 aliphatic heterocycles. The number of carbonyl (C=O) groups excluding carboxylic acids is 2. The van der Waals surface area contributed by atoms with Crippen LogP contribution in [0.25, 0.3) is 0 Å². The molecule has 22 heavy (non-hydrogen) atoms. The van der Waals surface area contributed by atoms with E-state index in [1.807, 2.05) is 13.8 Å². The zero-order valence-electron chi connectivity index (χ0n) is 12.7. The standard InChI is InChI=1S/C16H20ClFN2O2/c1-9(2)15(12-4-3-11(17)8-13(12)18)20-16(22)10-5-6-19-14(21)7-10/h3-4,8-10,15H,5-7H2,1-2H3,(H,19,21)(H,20,22). The highest BCUT2D eigenvalue weighted by Crippen LogP contribution is 2.27. The maximum Gasteiger partial charge on any atom is 0.224 e. The first kappa shape index (κ1) is 16.7. The molecule has 0 bridgehead atoms. The Morgan fingerprint density at radius 1 is 1.45 bits per heavy atom. The number of hydrogen-bond acceptors (Lipinski definition) is 2. The van der Waals surface area contributed by atoms with Crippen LogP contribution in [0.2, 0.25) is 5.02 Å². The average Bonchev–Trinajstić information content (AvgIpc) is 2.45. The van der Waals surface area contributed by atoms with E-state index in [0.717, 1.165) is 0 Å². The van der Waals surface area contributed by atoms with E-state index in [0.29, 0.717) is 23.6 Å². The monoisotopic (exact) mass is 326 g/mol. The second kappa shape index (κ2) is 7.09. The van der Waals surface area contributed by atoms with Gasteiger partial charge in [-0.15, -0.1) is 0 Å². The molecule has 0 saturated carbocycles. The van der Waals surface area contributed by atoms with Crippen molar-refractivity contribution in [3.05, 3.63) is 34.6 Å². The Kier molecular flexibility index (Phi) is 5.40. The Hall–Kier alpha value is -1.62. The summed E-state index contributed by atoms with van der Waals surface area (Å²) in [5.41, 5.74) is 0.410. The van der Waals surface area contributed by atoms with Crippen molar-refractivity contribution in [3.8, 4) is 0 Å². The van der Waals surface area contributed by atoms with Crippen LogP contribution in [0.15, 0.2) is 18.2 Å². The van der Waals surface area contributed by atoms with Crippen LogP contribution in [0.3, 0.4) is 0 Å². The second-order valence-electron chi connectivity index (χ2n) is 5.94. The van der Waals surface area contributed by atoms with Gasteiger partial charge in [0.15, 0.2) is 0 Å². The second-order valence-corrected chi connectivity index (χ2v) is 6.37. The first-order chi connectivity index (χ1) is 10.4. The molecule has 0 spiro atoms. The van der Waals surface area contributed by atoms with Gasteiger partial charge in [-0.2, -0.15) is 0 Å². The van der Waals surface area contributed by atoms with E-state index in [2.05, 4.69) is 10.6 Å². The lowest BCUT2D eigenvalue weighted by Gasteiger charge is -2.27. The van der Waals surface area contributed by atoms with Gasteiger partial charge < -0.3 is 10.6 Å². The van der Waals surface area contributed by atoms with Crippen molar-refractivity contribution in [2.45, 2.75) is 32.7 Å². The molecule has 2 unspecified atom stereocenters. The number of rotatable bonds is 4. The number of hydrogen-bond donors (Lipinski definition) is 2. The lowest BCUT2D eigenvalue weighted by atomic mass is 9.92. The first-order valence-corrected chi connectivity index (χ1v) is 7.78. The van der Waals surface area contributed by atoms with E-state index in [1.54, 1.807) is 12.1 Å². The number of amides is 2. The number of nitrogens with one attached hydrogen (secondary N) is 2. The molecule has 2 rings (SSSR count). The molecule has 0 aromatic heterocycles. The predicted octanol–water partition coefficient (Wildman–Crippen LogP) is 2.82. The summed E-state index contributed by atoms with van der Waals surface area (Å²) in [5, 5.41) is 5.90. The minimum atomic E-state index is -0.449. The molecule has 2 atom stereocenters. The minimum absolute atomic E-state index is 0.0112. The van der Waals surface area contributed by atoms with E-state index in [4.69, 9.17) is 11.6 Å². The highest BCUT2D eigenvalue weighted by molar-refractivity contribution is 6.30. The number of carbonyl (C=O) groups is 2. The lowest BCUT2D eigenvalue weighted by Crippen LogP contribution is -2.43. The highest BCUT2D eigenvalue weighted by atomic mass is 35.5. The molecule has 0 radical (unpaired) electrons. The van der Waals surface area contributed by atoms with Crippen molar-refractivity contribution < 1.29 is 14.0 Å². The summed E-state index contributed by atoms with van der Waals surface area (Å²) < 4.78 is 14.1. The van der Waals surface area contributed by atoms with Gasteiger partial charge in [-0.1, -0.05) is 31.5 Å². The van der Waals surface area contributed by atoms with Crippen LogP contribution in [0, 0.1) is 17.7 Å². The van der Waals surface area contributed by atoms with Gasteiger partial charge in [0.25, 0.3) is 0 Å². The van der Waals surface area contributed by atoms with Gasteiger partial charge in [0.05, 0.1) is 6.04 Å². The molecule has 2 N–H and O–H groups in total. The van der Waals surface area contributed by atoms with E-state index >= 15 is 0 Å². The Bertz CT molecular complexity index is 577. The lowest BCUT2D eigenvalue weighted by molar-refractivity contribution is -0.133. The number of benzene rings is 1. The van der Waals surface area contributed by atoms with E-state index < -0.39 is 11.9 Å². The minimum Gasteiger partial charge on any atom is -0.356 e. The van der Waals surface area contributed by atoms with Crippen LogP contribution >= 0.6 is 11.6 Å². The quantitative estimate of drug-likeness (QED) is 0.894. The molecule has 6 heteroatoms. The zero-order valence-corrected chi connectivity index (χ0v) is 13.4. The van der Waals surface area contributed by atoms with E-state index in [-0.39, 0.29) is 30.1 Å². The summed E-state index contributed by atoms with van der Waals surface area (Å²) in [6.07, 6.45) is 0.783. The van der Waals surface area contributed by atoms with Crippen molar-refractivity contribution in [3.63, 3.8) is 0 Å². The van der Waals surface area contributed by atoms with Gasteiger partial charge in [-0.05, 0) is 24.5 Å². The molecule has 1 aromatic carbocycles. The SMILES string of the molecule is CC(C)C(NC(=O)C1CCNC(=O)C1)c1ccc(Cl)cc1F. The van der Waals surface area contributed by atoms with Crippen LogP contribution in [-0.2, 0) is 9.59 Å². The van der Waals surface area contributed by atoms with Crippen molar-refractivity contribution >= 4 is 23.4 Å². The highest BCUT2D eigenvalue weighted by Gasteiger charge is 2.29. The number of halogens is 2. The molecule has 120 valence electrons. The molecule has 4 nitrogen and oxygen atoms in total. The maximum absolute atomic E-state index is 14.1. The van der Waals surface area contributed by atoms with Crippen LogP contribution in [-0.4, -0.2) is 18.4 Å². The smallest absolute Gasteiger partial charge is 0.224 e. The van der Waals surface area contributed by atoms with Gasteiger partial charge in [0.2, 0.25) is 11.8 Å². The summed E-state index contributed by atoms with van der Waals surface area (Å²) in [6, 6.07) is 3.99. The maximum atomic E-state index is 14.1. The zero-order chi connectivity index (χ0) is 16.3. The Morgan fingerprint density at radius 2 is 2.18 bits per heavy atom. The van der Waals surface area contributed by atoms with Crippen molar-refractivity contribution in [1.29, 1.82) is 0 Å². The largest absolute Gasteiger partial charge is 0.356 e. The molecule has 1 aliphatic rings. The molecular weight excluding hydrogens is 307 g/mol. The molecular formula is C16H20ClFN2O2. The van der Waals surface area contributed by atoms with E-state index in [9.17, 15) is 14.0 Å². The van der Waals surface area contributed by atoms with Crippen LogP contribution in [0.1, 0.15) is 38.3 Å². The topological polar surface area (TPSA) is 58.2 Å². The molecule has 1 heterocycles. The van der Waals surface area contributed by atoms with Crippen molar-refractivity contribution in [2.75, 3.05) is 6.54 Å². The Morgan fingerprint density at radius 3 is 2.77 bits per heavy atom. The third-order valence-corrected chi connectivity index (χ3v) is 4.11. The summed E-state index contributed by atoms with van der Waals surface area (Å²) >= 11 is 5.77. The van der Waals surface area contributed by atoms with Crippen LogP contribution < -0.4 is 10.6 Å². The number of piperidine rings is 1. The molecule has 1 saturated heterocycles. The molecule has 1 fully saturated rings. The van der Waals surface area contributed by atoms with Gasteiger partial charge in [0.1, 0.15) is 5.82 Å². The molecule has 2 amide bonds. The first-order valence-electron chi connectivity index (χ1n) is 7.40. The average molecular weight is 327 g/mol. The Labute approximate surface area is 134 Å². The molecule has 0 aliphatic carbocycles. The fourth-order valence-electron chi connectivity index (χ4n) is 2.64. The van der Waals surface area contributed by atoms with Gasteiger partial charge in [0, 0.05) is 29.5 Å². The van der Waals surface area contributed by atoms with Crippen molar-refractivity contribution in [2.24, 2.45) is 11.8 Å². The molecule has 1 aromatic rings. The Balaban J connectivity index is 2.15.